The maximum absolute atomic E-state index is 12.6. The molecule has 0 spiro atoms. The highest BCUT2D eigenvalue weighted by Crippen LogP contribution is 2.22. The maximum Gasteiger partial charge on any atom is 0.251 e. The molecule has 1 atom stereocenters. The van der Waals surface area contributed by atoms with E-state index in [1.54, 1.807) is 0 Å². The van der Waals surface area contributed by atoms with Crippen molar-refractivity contribution in [3.63, 3.8) is 0 Å². The lowest BCUT2D eigenvalue weighted by atomic mass is 10.1. The first-order chi connectivity index (χ1) is 13.6. The number of aromatic amines is 1. The Kier molecular flexibility index (Phi) is 5.46. The average Bonchev–Trinajstić information content (AvgIpc) is 3.00. The minimum absolute atomic E-state index is 0.0152. The second kappa shape index (κ2) is 8.17. The zero-order valence-electron chi connectivity index (χ0n) is 16.5. The highest BCUT2D eigenvalue weighted by Gasteiger charge is 2.21. The monoisotopic (exact) mass is 377 g/mol. The van der Waals surface area contributed by atoms with Gasteiger partial charge in [-0.05, 0) is 43.2 Å². The Balaban J connectivity index is 1.34. The van der Waals surface area contributed by atoms with Crippen LogP contribution in [0.1, 0.15) is 27.2 Å². The van der Waals surface area contributed by atoms with Crippen LogP contribution in [0.3, 0.4) is 0 Å². The fourth-order valence-corrected chi connectivity index (χ4v) is 3.80. The van der Waals surface area contributed by atoms with Gasteiger partial charge in [-0.2, -0.15) is 0 Å². The summed E-state index contributed by atoms with van der Waals surface area (Å²) in [7, 11) is 0. The molecule has 2 aromatic carbocycles. The maximum atomic E-state index is 12.6. The summed E-state index contributed by atoms with van der Waals surface area (Å²) in [6.07, 6.45) is 0.0152. The first-order valence-corrected chi connectivity index (χ1v) is 9.85. The Morgan fingerprint density at radius 1 is 1.21 bits per heavy atom. The predicted molar refractivity (Wildman–Crippen MR) is 112 cm³/mol. The number of ether oxygens (including phenoxy) is 1. The number of nitrogens with zero attached hydrogens (tertiary/aromatic N) is 1. The predicted octanol–water partition coefficient (Wildman–Crippen LogP) is 3.42. The molecule has 2 N–H and O–H groups in total. The van der Waals surface area contributed by atoms with Gasteiger partial charge in [0.2, 0.25) is 0 Å². The zero-order chi connectivity index (χ0) is 19.5. The number of aromatic nitrogens is 1. The van der Waals surface area contributed by atoms with Crippen molar-refractivity contribution < 1.29 is 9.53 Å². The fraction of sp³-hybridized carbons (Fsp3) is 0.348. The number of nitrogens with one attached hydrogen (secondary N) is 2. The van der Waals surface area contributed by atoms with Gasteiger partial charge < -0.3 is 15.0 Å². The lowest BCUT2D eigenvalue weighted by Gasteiger charge is -2.33. The van der Waals surface area contributed by atoms with Crippen molar-refractivity contribution in [3.8, 4) is 0 Å². The molecule has 0 aliphatic carbocycles. The van der Waals surface area contributed by atoms with E-state index in [0.717, 1.165) is 36.2 Å². The summed E-state index contributed by atoms with van der Waals surface area (Å²) in [6.45, 7) is 8.00. The first-order valence-electron chi connectivity index (χ1n) is 9.85. The number of benzene rings is 2. The Bertz CT molecular complexity index is 965. The van der Waals surface area contributed by atoms with Gasteiger partial charge in [0.05, 0.1) is 12.7 Å². The number of hydrogen-bond donors (Lipinski definition) is 2. The van der Waals surface area contributed by atoms with Crippen LogP contribution in [0.2, 0.25) is 0 Å². The number of rotatable bonds is 5. The number of aryl methyl sites for hydroxylation is 2. The molecule has 4 rings (SSSR count). The van der Waals surface area contributed by atoms with Crippen LogP contribution < -0.4 is 5.32 Å². The summed E-state index contributed by atoms with van der Waals surface area (Å²) >= 11 is 0. The third kappa shape index (κ3) is 4.11. The van der Waals surface area contributed by atoms with E-state index in [0.29, 0.717) is 18.7 Å². The topological polar surface area (TPSA) is 57.4 Å². The third-order valence-electron chi connectivity index (χ3n) is 5.53. The van der Waals surface area contributed by atoms with Crippen LogP contribution in [0.15, 0.2) is 48.5 Å². The number of carbonyl (C=O) groups is 1. The van der Waals surface area contributed by atoms with Crippen molar-refractivity contribution in [2.75, 3.05) is 26.2 Å². The minimum atomic E-state index is -0.0519. The van der Waals surface area contributed by atoms with Crippen LogP contribution in [-0.4, -0.2) is 48.1 Å². The highest BCUT2D eigenvalue weighted by atomic mass is 16.5. The van der Waals surface area contributed by atoms with Gasteiger partial charge in [-0.1, -0.05) is 30.3 Å². The minimum Gasteiger partial charge on any atom is -0.374 e. The number of amides is 1. The van der Waals surface area contributed by atoms with E-state index in [1.165, 1.54) is 11.1 Å². The average molecular weight is 377 g/mol. The van der Waals surface area contributed by atoms with E-state index in [1.807, 2.05) is 24.3 Å². The van der Waals surface area contributed by atoms with Crippen molar-refractivity contribution >= 4 is 16.8 Å². The molecule has 1 aromatic heterocycles. The van der Waals surface area contributed by atoms with Crippen molar-refractivity contribution in [3.05, 3.63) is 70.9 Å². The van der Waals surface area contributed by atoms with Gasteiger partial charge in [0, 0.05) is 48.3 Å². The normalized spacial score (nSPS) is 17.7. The number of morpholine rings is 1. The summed E-state index contributed by atoms with van der Waals surface area (Å²) in [5.41, 5.74) is 5.39. The Morgan fingerprint density at radius 3 is 2.86 bits per heavy atom. The molecule has 0 bridgehead atoms. The van der Waals surface area contributed by atoms with E-state index in [2.05, 4.69) is 53.3 Å². The Hall–Kier alpha value is -2.63. The molecule has 5 heteroatoms. The van der Waals surface area contributed by atoms with E-state index in [-0.39, 0.29) is 12.0 Å². The molecule has 0 radical (unpaired) electrons. The Labute approximate surface area is 165 Å². The standard InChI is InChI=1S/C23H27N3O2/c1-16-17(2)25-22-9-8-19(12-21(16)22)23(27)24-13-20-15-26(10-11-28-20)14-18-6-4-3-5-7-18/h3-9,12,20,25H,10-11,13-15H2,1-2H3,(H,24,27). The Morgan fingerprint density at radius 2 is 2.04 bits per heavy atom. The SMILES string of the molecule is Cc1[nH]c2ccc(C(=O)NCC3CN(Cc4ccccc4)CCO3)cc2c1C. The molecule has 3 aromatic rings. The summed E-state index contributed by atoms with van der Waals surface area (Å²) in [5.74, 6) is -0.0519. The second-order valence-electron chi connectivity index (χ2n) is 7.56. The van der Waals surface area contributed by atoms with Crippen LogP contribution >= 0.6 is 0 Å². The van der Waals surface area contributed by atoms with Crippen molar-refractivity contribution in [1.82, 2.24) is 15.2 Å². The largest absolute Gasteiger partial charge is 0.374 e. The third-order valence-corrected chi connectivity index (χ3v) is 5.53. The number of fused-ring (bicyclic) bond motifs is 1. The van der Waals surface area contributed by atoms with Crippen LogP contribution in [0.5, 0.6) is 0 Å². The van der Waals surface area contributed by atoms with Crippen LogP contribution in [0.25, 0.3) is 10.9 Å². The van der Waals surface area contributed by atoms with E-state index in [9.17, 15) is 4.79 Å². The van der Waals surface area contributed by atoms with Crippen molar-refractivity contribution in [2.45, 2.75) is 26.5 Å². The molecule has 146 valence electrons. The van der Waals surface area contributed by atoms with Crippen molar-refractivity contribution in [2.24, 2.45) is 0 Å². The second-order valence-corrected chi connectivity index (χ2v) is 7.56. The molecule has 1 fully saturated rings. The van der Waals surface area contributed by atoms with Crippen LogP contribution in [0, 0.1) is 13.8 Å². The molecule has 1 aliphatic rings. The fourth-order valence-electron chi connectivity index (χ4n) is 3.80. The number of hydrogen-bond acceptors (Lipinski definition) is 3. The van der Waals surface area contributed by atoms with Crippen molar-refractivity contribution in [1.29, 1.82) is 0 Å². The first kappa shape index (κ1) is 18.7. The molecule has 1 aliphatic heterocycles. The molecule has 1 amide bonds. The van der Waals surface area contributed by atoms with E-state index < -0.39 is 0 Å². The zero-order valence-corrected chi connectivity index (χ0v) is 16.5. The summed E-state index contributed by atoms with van der Waals surface area (Å²) in [6, 6.07) is 16.3. The molecule has 1 saturated heterocycles. The lowest BCUT2D eigenvalue weighted by Crippen LogP contribution is -2.47. The smallest absolute Gasteiger partial charge is 0.251 e. The number of carbonyl (C=O) groups excluding carboxylic acids is 1. The molecule has 28 heavy (non-hydrogen) atoms. The van der Waals surface area contributed by atoms with E-state index >= 15 is 0 Å². The van der Waals surface area contributed by atoms with Crippen LogP contribution in [-0.2, 0) is 11.3 Å². The number of H-pyrrole nitrogens is 1. The molecule has 0 saturated carbocycles. The van der Waals surface area contributed by atoms with Crippen LogP contribution in [0.4, 0.5) is 0 Å². The molecule has 1 unspecified atom stereocenters. The van der Waals surface area contributed by atoms with Gasteiger partial charge in [0.15, 0.2) is 0 Å². The van der Waals surface area contributed by atoms with Gasteiger partial charge in [0.1, 0.15) is 0 Å². The van der Waals surface area contributed by atoms with E-state index in [4.69, 9.17) is 4.74 Å². The lowest BCUT2D eigenvalue weighted by molar-refractivity contribution is -0.0292. The van der Waals surface area contributed by atoms with Gasteiger partial charge in [0.25, 0.3) is 5.91 Å². The summed E-state index contributed by atoms with van der Waals surface area (Å²) in [5, 5.41) is 4.15. The summed E-state index contributed by atoms with van der Waals surface area (Å²) in [4.78, 5) is 18.4. The summed E-state index contributed by atoms with van der Waals surface area (Å²) < 4.78 is 5.86. The van der Waals surface area contributed by atoms with Gasteiger partial charge >= 0.3 is 0 Å². The van der Waals surface area contributed by atoms with Gasteiger partial charge in [-0.15, -0.1) is 0 Å². The van der Waals surface area contributed by atoms with Gasteiger partial charge in [-0.3, -0.25) is 9.69 Å². The highest BCUT2D eigenvalue weighted by molar-refractivity contribution is 5.99. The molecular weight excluding hydrogens is 350 g/mol. The van der Waals surface area contributed by atoms with Gasteiger partial charge in [-0.25, -0.2) is 0 Å². The molecule has 2 heterocycles. The molecular formula is C23H27N3O2. The molecule has 5 nitrogen and oxygen atoms in total. The quantitative estimate of drug-likeness (QED) is 0.716.